The second kappa shape index (κ2) is 8.19. The Hall–Kier alpha value is -2.30. The number of hydrogen-bond acceptors (Lipinski definition) is 3. The quantitative estimate of drug-likeness (QED) is 0.835. The predicted molar refractivity (Wildman–Crippen MR) is 100 cm³/mol. The molecule has 1 amide bonds. The molecule has 1 N–H and O–H groups in total. The summed E-state index contributed by atoms with van der Waals surface area (Å²) in [6, 6.07) is 7.84. The van der Waals surface area contributed by atoms with Crippen LogP contribution in [-0.2, 0) is 4.79 Å². The maximum Gasteiger partial charge on any atom is 0.261 e. The van der Waals surface area contributed by atoms with E-state index in [1.807, 2.05) is 49.7 Å². The standard InChI is InChI=1S/C20H29N3O2/c1-7-19(25-18-10-8-13(2)9-11-18)20(24)21-12-14(3)23-17(6)15(4)16(5)22-23/h8-11,14,19H,7,12H2,1-6H3,(H,21,24)/t14-,19-/m0/s1. The van der Waals surface area contributed by atoms with Gasteiger partial charge in [-0.25, -0.2) is 0 Å². The van der Waals surface area contributed by atoms with E-state index in [9.17, 15) is 4.79 Å². The summed E-state index contributed by atoms with van der Waals surface area (Å²) in [6.45, 7) is 12.7. The Balaban J connectivity index is 1.94. The molecule has 25 heavy (non-hydrogen) atoms. The minimum absolute atomic E-state index is 0.0896. The largest absolute Gasteiger partial charge is 0.481 e. The fraction of sp³-hybridized carbons (Fsp3) is 0.500. The van der Waals surface area contributed by atoms with Crippen molar-refractivity contribution in [2.75, 3.05) is 6.54 Å². The maximum atomic E-state index is 12.5. The molecular formula is C20H29N3O2. The lowest BCUT2D eigenvalue weighted by atomic mass is 10.2. The fourth-order valence-electron chi connectivity index (χ4n) is 2.73. The van der Waals surface area contributed by atoms with Crippen molar-refractivity contribution in [2.24, 2.45) is 0 Å². The number of carbonyl (C=O) groups excluding carboxylic acids is 1. The highest BCUT2D eigenvalue weighted by Crippen LogP contribution is 2.17. The van der Waals surface area contributed by atoms with Crippen molar-refractivity contribution >= 4 is 5.91 Å². The molecule has 0 aliphatic rings. The Morgan fingerprint density at radius 1 is 1.20 bits per heavy atom. The van der Waals surface area contributed by atoms with E-state index in [2.05, 4.69) is 31.2 Å². The summed E-state index contributed by atoms with van der Waals surface area (Å²) < 4.78 is 7.81. The van der Waals surface area contributed by atoms with Crippen molar-refractivity contribution in [2.45, 2.75) is 60.1 Å². The molecule has 2 rings (SSSR count). The number of rotatable bonds is 7. The van der Waals surface area contributed by atoms with Gasteiger partial charge in [-0.2, -0.15) is 5.10 Å². The van der Waals surface area contributed by atoms with Gasteiger partial charge in [0.2, 0.25) is 0 Å². The van der Waals surface area contributed by atoms with Gasteiger partial charge in [-0.15, -0.1) is 0 Å². The normalized spacial score (nSPS) is 13.4. The monoisotopic (exact) mass is 343 g/mol. The number of nitrogens with zero attached hydrogens (tertiary/aromatic N) is 2. The number of carbonyl (C=O) groups is 1. The van der Waals surface area contributed by atoms with Gasteiger partial charge >= 0.3 is 0 Å². The van der Waals surface area contributed by atoms with Gasteiger partial charge in [-0.05, 0) is 58.7 Å². The molecule has 1 aromatic heterocycles. The molecular weight excluding hydrogens is 314 g/mol. The zero-order valence-corrected chi connectivity index (χ0v) is 16.1. The molecule has 136 valence electrons. The molecule has 1 heterocycles. The summed E-state index contributed by atoms with van der Waals surface area (Å²) in [6.07, 6.45) is 0.129. The number of ether oxygens (including phenoxy) is 1. The summed E-state index contributed by atoms with van der Waals surface area (Å²) in [5.41, 5.74) is 4.54. The Morgan fingerprint density at radius 2 is 1.84 bits per heavy atom. The molecule has 5 heteroatoms. The van der Waals surface area contributed by atoms with E-state index >= 15 is 0 Å². The molecule has 0 unspecified atom stereocenters. The molecule has 2 atom stereocenters. The highest BCUT2D eigenvalue weighted by Gasteiger charge is 2.20. The maximum absolute atomic E-state index is 12.5. The molecule has 0 saturated heterocycles. The lowest BCUT2D eigenvalue weighted by Gasteiger charge is -2.20. The summed E-state index contributed by atoms with van der Waals surface area (Å²) in [7, 11) is 0. The van der Waals surface area contributed by atoms with E-state index in [1.165, 1.54) is 11.1 Å². The van der Waals surface area contributed by atoms with E-state index in [4.69, 9.17) is 4.74 Å². The van der Waals surface area contributed by atoms with Crippen LogP contribution in [0.4, 0.5) is 0 Å². The van der Waals surface area contributed by atoms with Crippen LogP contribution < -0.4 is 10.1 Å². The molecule has 0 aliphatic carbocycles. The van der Waals surface area contributed by atoms with Crippen LogP contribution in [0.25, 0.3) is 0 Å². The molecule has 0 spiro atoms. The first-order valence-electron chi connectivity index (χ1n) is 8.86. The molecule has 2 aromatic rings. The van der Waals surface area contributed by atoms with Crippen LogP contribution in [0.1, 0.15) is 48.8 Å². The van der Waals surface area contributed by atoms with Crippen LogP contribution >= 0.6 is 0 Å². The first-order chi connectivity index (χ1) is 11.8. The number of benzene rings is 1. The van der Waals surface area contributed by atoms with Crippen LogP contribution in [0.5, 0.6) is 5.75 Å². The molecule has 0 bridgehead atoms. The zero-order valence-electron chi connectivity index (χ0n) is 16.1. The number of aryl methyl sites for hydroxylation is 2. The SMILES string of the molecule is CC[C@H](Oc1ccc(C)cc1)C(=O)NC[C@H](C)n1nc(C)c(C)c1C. The zero-order chi connectivity index (χ0) is 18.6. The fourth-order valence-corrected chi connectivity index (χ4v) is 2.73. The second-order valence-corrected chi connectivity index (χ2v) is 6.66. The molecule has 0 radical (unpaired) electrons. The summed E-state index contributed by atoms with van der Waals surface area (Å²) in [4.78, 5) is 12.5. The topological polar surface area (TPSA) is 56.1 Å². The second-order valence-electron chi connectivity index (χ2n) is 6.66. The van der Waals surface area contributed by atoms with E-state index in [0.29, 0.717) is 13.0 Å². The Kier molecular flexibility index (Phi) is 6.23. The van der Waals surface area contributed by atoms with Crippen molar-refractivity contribution in [1.29, 1.82) is 0 Å². The smallest absolute Gasteiger partial charge is 0.261 e. The first-order valence-corrected chi connectivity index (χ1v) is 8.86. The van der Waals surface area contributed by atoms with Gasteiger partial charge in [0.1, 0.15) is 5.75 Å². The number of amides is 1. The Morgan fingerprint density at radius 3 is 2.36 bits per heavy atom. The highest BCUT2D eigenvalue weighted by atomic mass is 16.5. The first kappa shape index (κ1) is 19.0. The lowest BCUT2D eigenvalue weighted by Crippen LogP contribution is -2.40. The van der Waals surface area contributed by atoms with Crippen molar-refractivity contribution in [3.05, 3.63) is 46.8 Å². The molecule has 5 nitrogen and oxygen atoms in total. The average molecular weight is 343 g/mol. The minimum Gasteiger partial charge on any atom is -0.481 e. The van der Waals surface area contributed by atoms with Crippen LogP contribution in [-0.4, -0.2) is 28.3 Å². The van der Waals surface area contributed by atoms with Crippen LogP contribution in [0.15, 0.2) is 24.3 Å². The predicted octanol–water partition coefficient (Wildman–Crippen LogP) is 3.65. The third-order valence-electron chi connectivity index (χ3n) is 4.64. The van der Waals surface area contributed by atoms with Crippen molar-refractivity contribution in [1.82, 2.24) is 15.1 Å². The van der Waals surface area contributed by atoms with Gasteiger partial charge < -0.3 is 10.1 Å². The van der Waals surface area contributed by atoms with Gasteiger partial charge in [-0.3, -0.25) is 9.48 Å². The van der Waals surface area contributed by atoms with Gasteiger partial charge in [0, 0.05) is 12.2 Å². The summed E-state index contributed by atoms with van der Waals surface area (Å²) in [5, 5.41) is 7.56. The van der Waals surface area contributed by atoms with E-state index in [0.717, 1.165) is 17.1 Å². The minimum atomic E-state index is -0.489. The molecule has 0 fully saturated rings. The van der Waals surface area contributed by atoms with E-state index in [-0.39, 0.29) is 11.9 Å². The van der Waals surface area contributed by atoms with E-state index in [1.54, 1.807) is 0 Å². The molecule has 0 saturated carbocycles. The van der Waals surface area contributed by atoms with Crippen LogP contribution in [0.3, 0.4) is 0 Å². The number of hydrogen-bond donors (Lipinski definition) is 1. The number of aromatic nitrogens is 2. The van der Waals surface area contributed by atoms with Gasteiger partial charge in [0.05, 0.1) is 11.7 Å². The van der Waals surface area contributed by atoms with Gasteiger partial charge in [0.25, 0.3) is 5.91 Å². The highest BCUT2D eigenvalue weighted by molar-refractivity contribution is 5.81. The Labute approximate surface area is 150 Å². The summed E-state index contributed by atoms with van der Waals surface area (Å²) in [5.74, 6) is 0.628. The van der Waals surface area contributed by atoms with E-state index < -0.39 is 6.10 Å². The van der Waals surface area contributed by atoms with Crippen molar-refractivity contribution < 1.29 is 9.53 Å². The lowest BCUT2D eigenvalue weighted by molar-refractivity contribution is -0.128. The third kappa shape index (κ3) is 4.62. The third-order valence-corrected chi connectivity index (χ3v) is 4.64. The van der Waals surface area contributed by atoms with Crippen LogP contribution in [0, 0.1) is 27.7 Å². The number of nitrogens with one attached hydrogen (secondary N) is 1. The molecule has 0 aliphatic heterocycles. The van der Waals surface area contributed by atoms with Crippen molar-refractivity contribution in [3.8, 4) is 5.75 Å². The van der Waals surface area contributed by atoms with Gasteiger partial charge in [0.15, 0.2) is 6.10 Å². The summed E-state index contributed by atoms with van der Waals surface area (Å²) >= 11 is 0. The van der Waals surface area contributed by atoms with Crippen LogP contribution in [0.2, 0.25) is 0 Å². The van der Waals surface area contributed by atoms with Crippen molar-refractivity contribution in [3.63, 3.8) is 0 Å². The average Bonchev–Trinajstić information content (AvgIpc) is 2.86. The Bertz CT molecular complexity index is 719. The van der Waals surface area contributed by atoms with Gasteiger partial charge in [-0.1, -0.05) is 24.6 Å². The molecule has 1 aromatic carbocycles.